The number of likely N-dealkylation sites (tertiary alicyclic amines) is 1. The minimum Gasteiger partial charge on any atom is -0.392 e. The number of carbonyl (C=O) groups excluding carboxylic acids is 2. The molecule has 4 N–H and O–H groups in total. The summed E-state index contributed by atoms with van der Waals surface area (Å²) < 4.78 is 5.14. The summed E-state index contributed by atoms with van der Waals surface area (Å²) in [5.74, 6) is -0.459. The van der Waals surface area contributed by atoms with Gasteiger partial charge in [-0.1, -0.05) is 24.3 Å². The van der Waals surface area contributed by atoms with Crippen LogP contribution in [0.5, 0.6) is 0 Å². The van der Waals surface area contributed by atoms with Crippen LogP contribution in [-0.2, 0) is 20.9 Å². The highest BCUT2D eigenvalue weighted by atomic mass is 32.1. The number of rotatable bonds is 8. The fourth-order valence-corrected chi connectivity index (χ4v) is 5.14. The van der Waals surface area contributed by atoms with Gasteiger partial charge < -0.3 is 25.6 Å². The maximum absolute atomic E-state index is 13.0. The number of aliphatic hydroxyl groups is 2. The summed E-state index contributed by atoms with van der Waals surface area (Å²) in [5, 5.41) is 26.8. The average molecular weight is 489 g/mol. The standard InChI is InChI=1S/C24H32N4O5S/c1-14-20(34-13-26-14)17-6-4-16(5-7-17)9-25-21(30)19-8-18(29)10-28(19)22(31)15(2)27-23(32)24(3)11-33-12-24/h4-7,13,15,18-19,22,29,31H,8-12H2,1-3H3,(H,25,30)(H,27,32)/t15-,18+,19-,22?/m0/s1. The van der Waals surface area contributed by atoms with Crippen LogP contribution in [0.15, 0.2) is 29.8 Å². The van der Waals surface area contributed by atoms with Gasteiger partial charge in [-0.2, -0.15) is 0 Å². The lowest BCUT2D eigenvalue weighted by molar-refractivity contribution is -0.160. The SMILES string of the molecule is Cc1ncsc1-c1ccc(CNC(=O)[C@@H]2C[C@@H](O)CN2C(O)[C@H](C)NC(=O)C2(C)COC2)cc1. The fourth-order valence-electron chi connectivity index (χ4n) is 4.33. The molecule has 1 unspecified atom stereocenters. The fraction of sp³-hybridized carbons (Fsp3) is 0.542. The summed E-state index contributed by atoms with van der Waals surface area (Å²) in [6.07, 6.45) is -1.62. The number of aromatic nitrogens is 1. The Hall–Kier alpha value is -2.37. The smallest absolute Gasteiger partial charge is 0.237 e. The Kier molecular flexibility index (Phi) is 7.34. The van der Waals surface area contributed by atoms with Crippen LogP contribution in [0.4, 0.5) is 0 Å². The molecule has 2 aliphatic heterocycles. The summed E-state index contributed by atoms with van der Waals surface area (Å²) in [4.78, 5) is 32.4. The lowest BCUT2D eigenvalue weighted by Crippen LogP contribution is -2.59. The van der Waals surface area contributed by atoms with Gasteiger partial charge in [0.1, 0.15) is 6.23 Å². The number of amides is 2. The second kappa shape index (κ2) is 10.1. The highest BCUT2D eigenvalue weighted by Gasteiger charge is 2.44. The van der Waals surface area contributed by atoms with Crippen molar-refractivity contribution in [2.75, 3.05) is 19.8 Å². The first kappa shape index (κ1) is 24.7. The van der Waals surface area contributed by atoms with Gasteiger partial charge in [-0.15, -0.1) is 11.3 Å². The predicted octanol–water partition coefficient (Wildman–Crippen LogP) is 1.03. The van der Waals surface area contributed by atoms with Gasteiger partial charge >= 0.3 is 0 Å². The van der Waals surface area contributed by atoms with Crippen molar-refractivity contribution in [3.05, 3.63) is 41.0 Å². The Morgan fingerprint density at radius 1 is 1.32 bits per heavy atom. The molecule has 4 rings (SSSR count). The molecule has 0 bridgehead atoms. The van der Waals surface area contributed by atoms with Gasteiger partial charge in [-0.3, -0.25) is 14.5 Å². The Balaban J connectivity index is 1.34. The van der Waals surface area contributed by atoms with Gasteiger partial charge in [-0.25, -0.2) is 4.98 Å². The van der Waals surface area contributed by atoms with Crippen molar-refractivity contribution in [1.29, 1.82) is 0 Å². The zero-order valence-corrected chi connectivity index (χ0v) is 20.5. The molecular weight excluding hydrogens is 456 g/mol. The van der Waals surface area contributed by atoms with Crippen molar-refractivity contribution in [3.8, 4) is 10.4 Å². The Morgan fingerprint density at radius 2 is 2.03 bits per heavy atom. The molecule has 0 aliphatic carbocycles. The van der Waals surface area contributed by atoms with E-state index >= 15 is 0 Å². The van der Waals surface area contributed by atoms with Crippen molar-refractivity contribution < 1.29 is 24.5 Å². The van der Waals surface area contributed by atoms with Crippen LogP contribution in [0.3, 0.4) is 0 Å². The maximum atomic E-state index is 13.0. The van der Waals surface area contributed by atoms with Crippen molar-refractivity contribution >= 4 is 23.2 Å². The third-order valence-corrected chi connectivity index (χ3v) is 7.56. The van der Waals surface area contributed by atoms with Crippen molar-refractivity contribution in [1.82, 2.24) is 20.5 Å². The quantitative estimate of drug-likeness (QED) is 0.438. The van der Waals surface area contributed by atoms with Crippen LogP contribution in [0.2, 0.25) is 0 Å². The minimum absolute atomic E-state index is 0.155. The van der Waals surface area contributed by atoms with E-state index in [0.29, 0.717) is 19.8 Å². The highest BCUT2D eigenvalue weighted by Crippen LogP contribution is 2.28. The highest BCUT2D eigenvalue weighted by molar-refractivity contribution is 7.13. The molecule has 2 fully saturated rings. The van der Waals surface area contributed by atoms with E-state index < -0.39 is 29.8 Å². The van der Waals surface area contributed by atoms with E-state index in [1.165, 1.54) is 0 Å². The molecule has 3 heterocycles. The summed E-state index contributed by atoms with van der Waals surface area (Å²) in [5.41, 5.74) is 4.25. The van der Waals surface area contributed by atoms with E-state index in [0.717, 1.165) is 21.7 Å². The maximum Gasteiger partial charge on any atom is 0.237 e. The predicted molar refractivity (Wildman–Crippen MR) is 128 cm³/mol. The summed E-state index contributed by atoms with van der Waals surface area (Å²) >= 11 is 1.59. The molecule has 34 heavy (non-hydrogen) atoms. The lowest BCUT2D eigenvalue weighted by Gasteiger charge is -2.39. The van der Waals surface area contributed by atoms with Gasteiger partial charge in [0.15, 0.2) is 0 Å². The third kappa shape index (κ3) is 5.16. The summed E-state index contributed by atoms with van der Waals surface area (Å²) in [7, 11) is 0. The summed E-state index contributed by atoms with van der Waals surface area (Å²) in [6, 6.07) is 6.64. The number of aliphatic hydroxyl groups excluding tert-OH is 2. The van der Waals surface area contributed by atoms with Crippen LogP contribution in [-0.4, -0.2) is 76.1 Å². The number of nitrogens with one attached hydrogen (secondary N) is 2. The molecule has 1 aromatic heterocycles. The second-order valence-corrected chi connectivity index (χ2v) is 10.4. The molecule has 2 aliphatic rings. The number of ether oxygens (including phenoxy) is 1. The number of hydrogen-bond donors (Lipinski definition) is 4. The van der Waals surface area contributed by atoms with Crippen molar-refractivity contribution in [3.63, 3.8) is 0 Å². The number of thiazole rings is 1. The van der Waals surface area contributed by atoms with E-state index in [2.05, 4.69) is 15.6 Å². The van der Waals surface area contributed by atoms with E-state index in [9.17, 15) is 19.8 Å². The number of hydrogen-bond acceptors (Lipinski definition) is 8. The molecule has 0 saturated carbocycles. The molecule has 0 spiro atoms. The lowest BCUT2D eigenvalue weighted by atomic mass is 9.87. The molecule has 4 atom stereocenters. The average Bonchev–Trinajstić information content (AvgIpc) is 3.40. The van der Waals surface area contributed by atoms with Crippen LogP contribution in [0, 0.1) is 12.3 Å². The third-order valence-electron chi connectivity index (χ3n) is 6.58. The largest absolute Gasteiger partial charge is 0.392 e. The topological polar surface area (TPSA) is 124 Å². The Labute approximate surface area is 203 Å². The van der Waals surface area contributed by atoms with Crippen molar-refractivity contribution in [2.24, 2.45) is 5.41 Å². The Morgan fingerprint density at radius 3 is 2.62 bits per heavy atom. The van der Waals surface area contributed by atoms with E-state index in [1.807, 2.05) is 43.6 Å². The zero-order chi connectivity index (χ0) is 24.5. The molecule has 0 radical (unpaired) electrons. The zero-order valence-electron chi connectivity index (χ0n) is 19.7. The van der Waals surface area contributed by atoms with Gasteiger partial charge in [0.05, 0.1) is 52.9 Å². The van der Waals surface area contributed by atoms with Crippen LogP contribution in [0.25, 0.3) is 10.4 Å². The van der Waals surface area contributed by atoms with Crippen LogP contribution in [0.1, 0.15) is 31.5 Å². The van der Waals surface area contributed by atoms with Gasteiger partial charge in [0.25, 0.3) is 0 Å². The normalized spacial score (nSPS) is 23.7. The number of benzene rings is 1. The van der Waals surface area contributed by atoms with Crippen molar-refractivity contribution in [2.45, 2.75) is 58.2 Å². The van der Waals surface area contributed by atoms with Crippen LogP contribution < -0.4 is 10.6 Å². The van der Waals surface area contributed by atoms with E-state index in [1.54, 1.807) is 23.2 Å². The Bertz CT molecular complexity index is 1020. The number of aryl methyl sites for hydroxylation is 1. The van der Waals surface area contributed by atoms with E-state index in [4.69, 9.17) is 4.74 Å². The molecule has 2 amide bonds. The minimum atomic E-state index is -1.11. The first-order valence-corrected chi connectivity index (χ1v) is 12.3. The van der Waals surface area contributed by atoms with Gasteiger partial charge in [-0.05, 0) is 38.3 Å². The van der Waals surface area contributed by atoms with Gasteiger partial charge in [0, 0.05) is 13.1 Å². The molecule has 184 valence electrons. The molecule has 1 aromatic carbocycles. The summed E-state index contributed by atoms with van der Waals surface area (Å²) in [6.45, 7) is 6.67. The van der Waals surface area contributed by atoms with Gasteiger partial charge in [0.2, 0.25) is 11.8 Å². The number of carbonyl (C=O) groups is 2. The number of β-amino-alcohol motifs (C(OH)–C–C–N with tert-alkyl or cyclic N) is 1. The molecule has 9 nitrogen and oxygen atoms in total. The monoisotopic (exact) mass is 488 g/mol. The molecule has 2 saturated heterocycles. The van der Waals surface area contributed by atoms with Crippen LogP contribution >= 0.6 is 11.3 Å². The molecule has 10 heteroatoms. The molecule has 2 aromatic rings. The second-order valence-electron chi connectivity index (χ2n) is 9.51. The first-order valence-electron chi connectivity index (χ1n) is 11.5. The molecular formula is C24H32N4O5S. The first-order chi connectivity index (χ1) is 16.2. The van der Waals surface area contributed by atoms with E-state index in [-0.39, 0.29) is 24.8 Å². The number of nitrogens with zero attached hydrogens (tertiary/aromatic N) is 2.